The van der Waals surface area contributed by atoms with E-state index in [4.69, 9.17) is 9.47 Å². The monoisotopic (exact) mass is 435 g/mol. The average molecular weight is 436 g/mol. The minimum atomic E-state index is -0.513. The fourth-order valence-corrected chi connectivity index (χ4v) is 4.36. The van der Waals surface area contributed by atoms with Crippen molar-refractivity contribution in [2.75, 3.05) is 13.7 Å². The highest BCUT2D eigenvalue weighted by Gasteiger charge is 2.25. The Labute approximate surface area is 184 Å². The lowest BCUT2D eigenvalue weighted by molar-refractivity contribution is 0.0603. The number of benzene rings is 2. The van der Waals surface area contributed by atoms with Gasteiger partial charge in [0, 0.05) is 24.2 Å². The molecule has 6 nitrogen and oxygen atoms in total. The maximum absolute atomic E-state index is 12.9. The van der Waals surface area contributed by atoms with Gasteiger partial charge in [0.2, 0.25) is 0 Å². The molecule has 0 atom stereocenters. The number of nitrogens with zero attached hydrogens (tertiary/aromatic N) is 1. The maximum atomic E-state index is 12.9. The third-order valence-electron chi connectivity index (χ3n) is 5.22. The van der Waals surface area contributed by atoms with Crippen molar-refractivity contribution in [3.8, 4) is 0 Å². The molecule has 31 heavy (non-hydrogen) atoms. The Hall–Kier alpha value is -3.45. The highest BCUT2D eigenvalue weighted by atomic mass is 32.1. The van der Waals surface area contributed by atoms with Gasteiger partial charge in [-0.3, -0.25) is 4.79 Å². The molecule has 0 saturated carbocycles. The van der Waals surface area contributed by atoms with E-state index in [1.165, 1.54) is 18.4 Å². The largest absolute Gasteiger partial charge is 0.465 e. The molecule has 158 valence electrons. The second-order valence-electron chi connectivity index (χ2n) is 7.18. The van der Waals surface area contributed by atoms with Gasteiger partial charge in [0.25, 0.3) is 0 Å². The highest BCUT2D eigenvalue weighted by Crippen LogP contribution is 2.25. The molecule has 0 unspecified atom stereocenters. The lowest BCUT2D eigenvalue weighted by Gasteiger charge is -2.28. The molecule has 0 aliphatic carbocycles. The number of fused-ring (bicyclic) bond motifs is 1. The van der Waals surface area contributed by atoms with Crippen LogP contribution in [-0.4, -0.2) is 36.4 Å². The summed E-state index contributed by atoms with van der Waals surface area (Å²) in [5.41, 5.74) is 3.81. The number of hydrogen-bond donors (Lipinski definition) is 0. The first-order valence-electron chi connectivity index (χ1n) is 9.84. The van der Waals surface area contributed by atoms with E-state index in [2.05, 4.69) is 0 Å². The summed E-state index contributed by atoms with van der Waals surface area (Å²) in [6.45, 7) is 1.19. The Kier molecular flexibility index (Phi) is 6.13. The Balaban J connectivity index is 1.44. The molecule has 1 aliphatic heterocycles. The predicted octanol–water partition coefficient (Wildman–Crippen LogP) is 4.46. The first-order chi connectivity index (χ1) is 15.1. The second-order valence-corrected chi connectivity index (χ2v) is 8.10. The zero-order chi connectivity index (χ0) is 21.8. The fourth-order valence-electron chi connectivity index (χ4n) is 3.56. The van der Waals surface area contributed by atoms with Gasteiger partial charge in [-0.05, 0) is 40.6 Å². The van der Waals surface area contributed by atoms with Crippen LogP contribution < -0.4 is 0 Å². The Morgan fingerprint density at radius 3 is 2.61 bits per heavy atom. The molecule has 0 spiro atoms. The molecule has 0 radical (unpaired) electrons. The van der Waals surface area contributed by atoms with Crippen LogP contribution in [0.3, 0.4) is 0 Å². The van der Waals surface area contributed by atoms with Crippen LogP contribution in [0.1, 0.15) is 42.3 Å². The molecule has 2 aromatic carbocycles. The van der Waals surface area contributed by atoms with E-state index in [0.717, 1.165) is 16.7 Å². The summed E-state index contributed by atoms with van der Waals surface area (Å²) in [5, 5.41) is 1.71. The SMILES string of the molecule is COC(=O)c1sccc1C(=O)c1ccc2c(c1)CCN(C(=O)OCc1ccccc1)C2. The van der Waals surface area contributed by atoms with Crippen molar-refractivity contribution in [3.05, 3.63) is 92.7 Å². The second kappa shape index (κ2) is 9.14. The number of amides is 1. The van der Waals surface area contributed by atoms with Gasteiger partial charge in [-0.15, -0.1) is 11.3 Å². The minimum Gasteiger partial charge on any atom is -0.465 e. The summed E-state index contributed by atoms with van der Waals surface area (Å²) in [6.07, 6.45) is 0.278. The van der Waals surface area contributed by atoms with E-state index < -0.39 is 5.97 Å². The highest BCUT2D eigenvalue weighted by molar-refractivity contribution is 7.12. The number of rotatable bonds is 5. The fraction of sp³-hybridized carbons (Fsp3) is 0.208. The van der Waals surface area contributed by atoms with Gasteiger partial charge in [0.15, 0.2) is 5.78 Å². The van der Waals surface area contributed by atoms with Crippen LogP contribution in [0.4, 0.5) is 4.79 Å². The van der Waals surface area contributed by atoms with E-state index in [1.54, 1.807) is 22.4 Å². The Morgan fingerprint density at radius 1 is 1.03 bits per heavy atom. The number of hydrogen-bond acceptors (Lipinski definition) is 6. The number of esters is 1. The van der Waals surface area contributed by atoms with Crippen LogP contribution in [0, 0.1) is 0 Å². The first-order valence-corrected chi connectivity index (χ1v) is 10.7. The molecule has 2 heterocycles. The normalized spacial score (nSPS) is 12.7. The quantitative estimate of drug-likeness (QED) is 0.437. The zero-order valence-electron chi connectivity index (χ0n) is 17.0. The molecule has 7 heteroatoms. The van der Waals surface area contributed by atoms with E-state index in [-0.39, 0.29) is 18.5 Å². The van der Waals surface area contributed by atoms with Crippen molar-refractivity contribution in [1.82, 2.24) is 4.90 Å². The molecule has 0 bridgehead atoms. The standard InChI is InChI=1S/C24H21NO5S/c1-29-23(27)22-20(10-12-31-22)21(26)18-7-8-19-14-25(11-9-17(19)13-18)24(28)30-15-16-5-3-2-4-6-16/h2-8,10,12-13H,9,11,14-15H2,1H3. The molecule has 0 fully saturated rings. The summed E-state index contributed by atoms with van der Waals surface area (Å²) in [5.74, 6) is -0.727. The van der Waals surface area contributed by atoms with Crippen LogP contribution in [0.15, 0.2) is 60.0 Å². The number of thiophene rings is 1. The number of carbonyl (C=O) groups is 3. The summed E-state index contributed by atoms with van der Waals surface area (Å²) in [4.78, 5) is 39.3. The van der Waals surface area contributed by atoms with E-state index in [0.29, 0.717) is 35.5 Å². The van der Waals surface area contributed by atoms with Crippen LogP contribution in [0.5, 0.6) is 0 Å². The Morgan fingerprint density at radius 2 is 1.84 bits per heavy atom. The maximum Gasteiger partial charge on any atom is 0.410 e. The van der Waals surface area contributed by atoms with Crippen LogP contribution >= 0.6 is 11.3 Å². The molecule has 1 aliphatic rings. The van der Waals surface area contributed by atoms with E-state index in [1.807, 2.05) is 42.5 Å². The molecule has 1 aromatic heterocycles. The van der Waals surface area contributed by atoms with Crippen molar-refractivity contribution in [3.63, 3.8) is 0 Å². The average Bonchev–Trinajstić information content (AvgIpc) is 3.31. The first kappa shape index (κ1) is 20.8. The minimum absolute atomic E-state index is 0.214. The molecule has 0 N–H and O–H groups in total. The van der Waals surface area contributed by atoms with Crippen LogP contribution in [-0.2, 0) is 29.0 Å². The van der Waals surface area contributed by atoms with Crippen molar-refractivity contribution in [2.45, 2.75) is 19.6 Å². The molecular weight excluding hydrogens is 414 g/mol. The number of ether oxygens (including phenoxy) is 2. The van der Waals surface area contributed by atoms with Crippen LogP contribution in [0.2, 0.25) is 0 Å². The molecule has 0 saturated heterocycles. The molecular formula is C24H21NO5S. The van der Waals surface area contributed by atoms with Gasteiger partial charge < -0.3 is 14.4 Å². The summed E-state index contributed by atoms with van der Waals surface area (Å²) in [7, 11) is 1.30. The van der Waals surface area contributed by atoms with Gasteiger partial charge >= 0.3 is 12.1 Å². The Bertz CT molecular complexity index is 1120. The van der Waals surface area contributed by atoms with Crippen molar-refractivity contribution in [1.29, 1.82) is 0 Å². The smallest absolute Gasteiger partial charge is 0.410 e. The van der Waals surface area contributed by atoms with Gasteiger partial charge in [0.05, 0.1) is 7.11 Å². The zero-order valence-corrected chi connectivity index (χ0v) is 17.8. The predicted molar refractivity (Wildman–Crippen MR) is 116 cm³/mol. The van der Waals surface area contributed by atoms with Gasteiger partial charge in [-0.25, -0.2) is 9.59 Å². The van der Waals surface area contributed by atoms with Crippen LogP contribution in [0.25, 0.3) is 0 Å². The lowest BCUT2D eigenvalue weighted by Crippen LogP contribution is -2.36. The van der Waals surface area contributed by atoms with Gasteiger partial charge in [-0.1, -0.05) is 42.5 Å². The summed E-state index contributed by atoms with van der Waals surface area (Å²) < 4.78 is 10.2. The third kappa shape index (κ3) is 4.51. The van der Waals surface area contributed by atoms with Gasteiger partial charge in [0.1, 0.15) is 11.5 Å². The summed E-state index contributed by atoms with van der Waals surface area (Å²) in [6, 6.07) is 16.6. The summed E-state index contributed by atoms with van der Waals surface area (Å²) >= 11 is 1.19. The van der Waals surface area contributed by atoms with E-state index in [9.17, 15) is 14.4 Å². The topological polar surface area (TPSA) is 72.9 Å². The molecule has 1 amide bonds. The number of ketones is 1. The van der Waals surface area contributed by atoms with Gasteiger partial charge in [-0.2, -0.15) is 0 Å². The lowest BCUT2D eigenvalue weighted by atomic mass is 9.94. The molecule has 3 aromatic rings. The van der Waals surface area contributed by atoms with E-state index >= 15 is 0 Å². The van der Waals surface area contributed by atoms with Crippen molar-refractivity contribution < 1.29 is 23.9 Å². The van der Waals surface area contributed by atoms with Crippen molar-refractivity contribution >= 4 is 29.2 Å². The number of carbonyl (C=O) groups excluding carboxylic acids is 3. The molecule has 4 rings (SSSR count). The van der Waals surface area contributed by atoms with Crippen molar-refractivity contribution in [2.24, 2.45) is 0 Å². The number of methoxy groups -OCH3 is 1. The third-order valence-corrected chi connectivity index (χ3v) is 6.12.